The van der Waals surface area contributed by atoms with Crippen LogP contribution in [0, 0.1) is 0 Å². The molecule has 0 atom stereocenters. The van der Waals surface area contributed by atoms with E-state index in [1.807, 2.05) is 0 Å². The number of hydrogen-bond donors (Lipinski definition) is 2. The molecule has 1 aliphatic carbocycles. The summed E-state index contributed by atoms with van der Waals surface area (Å²) in [6, 6.07) is 9.39. The SMILES string of the molecule is CCNC(=NCc1ccc(N2CC=CC2)cc1)NC1CCCCC1.I. The molecule has 0 radical (unpaired) electrons. The van der Waals surface area contributed by atoms with Gasteiger partial charge in [-0.1, -0.05) is 43.5 Å². The summed E-state index contributed by atoms with van der Waals surface area (Å²) in [7, 11) is 0. The van der Waals surface area contributed by atoms with Gasteiger partial charge in [0.15, 0.2) is 5.96 Å². The predicted octanol–water partition coefficient (Wildman–Crippen LogP) is 4.07. The van der Waals surface area contributed by atoms with E-state index in [9.17, 15) is 0 Å². The first kappa shape index (κ1) is 20.1. The molecule has 4 nitrogen and oxygen atoms in total. The first-order valence-electron chi connectivity index (χ1n) is 9.39. The molecule has 1 saturated carbocycles. The van der Waals surface area contributed by atoms with E-state index in [1.54, 1.807) is 0 Å². The van der Waals surface area contributed by atoms with Crippen molar-refractivity contribution >= 4 is 35.6 Å². The van der Waals surface area contributed by atoms with Crippen molar-refractivity contribution in [3.05, 3.63) is 42.0 Å². The standard InChI is InChI=1S/C20H30N4.HI/c1-2-21-20(23-18-8-4-3-5-9-18)22-16-17-10-12-19(13-11-17)24-14-6-7-15-24;/h6-7,10-13,18H,2-5,8-9,14-16H2,1H3,(H2,21,22,23);1H. The summed E-state index contributed by atoms with van der Waals surface area (Å²) in [4.78, 5) is 7.14. The lowest BCUT2D eigenvalue weighted by atomic mass is 9.96. The van der Waals surface area contributed by atoms with Gasteiger partial charge in [-0.05, 0) is 37.5 Å². The number of nitrogens with zero attached hydrogens (tertiary/aromatic N) is 2. The molecule has 0 amide bonds. The number of hydrogen-bond acceptors (Lipinski definition) is 2. The van der Waals surface area contributed by atoms with E-state index in [1.165, 1.54) is 43.4 Å². The monoisotopic (exact) mass is 454 g/mol. The van der Waals surface area contributed by atoms with Crippen LogP contribution in [0.5, 0.6) is 0 Å². The van der Waals surface area contributed by atoms with Crippen LogP contribution < -0.4 is 15.5 Å². The molecule has 2 N–H and O–H groups in total. The quantitative estimate of drug-likeness (QED) is 0.305. The van der Waals surface area contributed by atoms with Gasteiger partial charge in [-0.2, -0.15) is 0 Å². The fourth-order valence-electron chi connectivity index (χ4n) is 3.43. The summed E-state index contributed by atoms with van der Waals surface area (Å²) >= 11 is 0. The number of benzene rings is 1. The minimum atomic E-state index is 0. The number of aliphatic imine (C=N–C) groups is 1. The summed E-state index contributed by atoms with van der Waals surface area (Å²) in [6.07, 6.45) is 11.0. The van der Waals surface area contributed by atoms with Crippen LogP contribution in [-0.2, 0) is 6.54 Å². The van der Waals surface area contributed by atoms with Gasteiger partial charge < -0.3 is 15.5 Å². The molecule has 1 fully saturated rings. The summed E-state index contributed by atoms with van der Waals surface area (Å²) in [5.74, 6) is 0.956. The minimum Gasteiger partial charge on any atom is -0.364 e. The van der Waals surface area contributed by atoms with E-state index in [0.29, 0.717) is 6.04 Å². The number of nitrogens with one attached hydrogen (secondary N) is 2. The lowest BCUT2D eigenvalue weighted by Gasteiger charge is -2.24. The maximum atomic E-state index is 4.77. The summed E-state index contributed by atoms with van der Waals surface area (Å²) < 4.78 is 0. The molecular formula is C20H31IN4. The van der Waals surface area contributed by atoms with Gasteiger partial charge >= 0.3 is 0 Å². The van der Waals surface area contributed by atoms with Crippen molar-refractivity contribution in [3.63, 3.8) is 0 Å². The number of halogens is 1. The van der Waals surface area contributed by atoms with Crippen LogP contribution in [-0.4, -0.2) is 31.6 Å². The smallest absolute Gasteiger partial charge is 0.191 e. The second-order valence-electron chi connectivity index (χ2n) is 6.72. The third-order valence-corrected chi connectivity index (χ3v) is 4.83. The Kier molecular flexibility index (Phi) is 8.58. The molecule has 2 aliphatic rings. The first-order chi connectivity index (χ1) is 11.8. The zero-order valence-corrected chi connectivity index (χ0v) is 17.5. The maximum absolute atomic E-state index is 4.77. The number of anilines is 1. The summed E-state index contributed by atoms with van der Waals surface area (Å²) in [6.45, 7) is 5.79. The highest BCUT2D eigenvalue weighted by Crippen LogP contribution is 2.19. The third kappa shape index (κ3) is 6.20. The second kappa shape index (κ2) is 10.7. The molecule has 138 valence electrons. The number of rotatable bonds is 5. The normalized spacial score (nSPS) is 18.1. The average Bonchev–Trinajstić information content (AvgIpc) is 3.16. The van der Waals surface area contributed by atoms with Crippen LogP contribution >= 0.6 is 24.0 Å². The van der Waals surface area contributed by atoms with Gasteiger partial charge in [0, 0.05) is 31.4 Å². The molecule has 0 spiro atoms. The van der Waals surface area contributed by atoms with Gasteiger partial charge in [0.25, 0.3) is 0 Å². The zero-order chi connectivity index (χ0) is 16.6. The van der Waals surface area contributed by atoms with E-state index >= 15 is 0 Å². The van der Waals surface area contributed by atoms with Gasteiger partial charge in [0.1, 0.15) is 0 Å². The van der Waals surface area contributed by atoms with Crippen LogP contribution in [0.3, 0.4) is 0 Å². The van der Waals surface area contributed by atoms with Crippen LogP contribution in [0.25, 0.3) is 0 Å². The zero-order valence-electron chi connectivity index (χ0n) is 15.2. The van der Waals surface area contributed by atoms with Crippen molar-refractivity contribution in [1.29, 1.82) is 0 Å². The Balaban J connectivity index is 0.00000225. The molecule has 3 rings (SSSR count). The van der Waals surface area contributed by atoms with Crippen molar-refractivity contribution in [2.75, 3.05) is 24.5 Å². The largest absolute Gasteiger partial charge is 0.364 e. The molecule has 0 saturated heterocycles. The first-order valence-corrected chi connectivity index (χ1v) is 9.39. The Morgan fingerprint density at radius 1 is 1.08 bits per heavy atom. The Bertz CT molecular complexity index is 554. The molecule has 1 aromatic carbocycles. The molecule has 25 heavy (non-hydrogen) atoms. The molecule has 5 heteroatoms. The van der Waals surface area contributed by atoms with E-state index < -0.39 is 0 Å². The average molecular weight is 454 g/mol. The van der Waals surface area contributed by atoms with Gasteiger partial charge in [0.2, 0.25) is 0 Å². The molecule has 1 aliphatic heterocycles. The maximum Gasteiger partial charge on any atom is 0.191 e. The Morgan fingerprint density at radius 3 is 2.40 bits per heavy atom. The van der Waals surface area contributed by atoms with Crippen LogP contribution in [0.1, 0.15) is 44.6 Å². The summed E-state index contributed by atoms with van der Waals surface area (Å²) in [5.41, 5.74) is 2.55. The topological polar surface area (TPSA) is 39.7 Å². The van der Waals surface area contributed by atoms with Gasteiger partial charge in [-0.15, -0.1) is 24.0 Å². The van der Waals surface area contributed by atoms with E-state index in [0.717, 1.165) is 32.1 Å². The highest BCUT2D eigenvalue weighted by Gasteiger charge is 2.14. The van der Waals surface area contributed by atoms with Crippen molar-refractivity contribution in [1.82, 2.24) is 10.6 Å². The molecule has 1 aromatic rings. The van der Waals surface area contributed by atoms with Crippen molar-refractivity contribution in [2.45, 2.75) is 51.6 Å². The highest BCUT2D eigenvalue weighted by atomic mass is 127. The molecular weight excluding hydrogens is 423 g/mol. The lowest BCUT2D eigenvalue weighted by molar-refractivity contribution is 0.410. The van der Waals surface area contributed by atoms with Gasteiger partial charge in [-0.3, -0.25) is 0 Å². The summed E-state index contributed by atoms with van der Waals surface area (Å²) in [5, 5.41) is 6.98. The minimum absolute atomic E-state index is 0. The Labute approximate surface area is 169 Å². The van der Waals surface area contributed by atoms with Crippen molar-refractivity contribution < 1.29 is 0 Å². The lowest BCUT2D eigenvalue weighted by Crippen LogP contribution is -2.44. The van der Waals surface area contributed by atoms with E-state index in [-0.39, 0.29) is 24.0 Å². The van der Waals surface area contributed by atoms with Crippen LogP contribution in [0.2, 0.25) is 0 Å². The van der Waals surface area contributed by atoms with E-state index in [4.69, 9.17) is 4.99 Å². The van der Waals surface area contributed by atoms with Gasteiger partial charge in [-0.25, -0.2) is 4.99 Å². The van der Waals surface area contributed by atoms with Crippen LogP contribution in [0.4, 0.5) is 5.69 Å². The Hall–Kier alpha value is -1.24. The molecule has 0 bridgehead atoms. The fourth-order valence-corrected chi connectivity index (χ4v) is 3.43. The molecule has 0 unspecified atom stereocenters. The van der Waals surface area contributed by atoms with Crippen LogP contribution in [0.15, 0.2) is 41.4 Å². The van der Waals surface area contributed by atoms with Gasteiger partial charge in [0.05, 0.1) is 6.54 Å². The molecule has 1 heterocycles. The van der Waals surface area contributed by atoms with Crippen molar-refractivity contribution in [2.24, 2.45) is 4.99 Å². The highest BCUT2D eigenvalue weighted by molar-refractivity contribution is 14.0. The van der Waals surface area contributed by atoms with E-state index in [2.05, 4.69) is 58.9 Å². The van der Waals surface area contributed by atoms with Crippen molar-refractivity contribution in [3.8, 4) is 0 Å². The Morgan fingerprint density at radius 2 is 1.76 bits per heavy atom. The third-order valence-electron chi connectivity index (χ3n) is 4.83. The molecule has 0 aromatic heterocycles. The predicted molar refractivity (Wildman–Crippen MR) is 118 cm³/mol. The second-order valence-corrected chi connectivity index (χ2v) is 6.72. The number of guanidine groups is 1. The fraction of sp³-hybridized carbons (Fsp3) is 0.550.